The Hall–Kier alpha value is -1.63. The van der Waals surface area contributed by atoms with E-state index >= 15 is 0 Å². The van der Waals surface area contributed by atoms with Crippen molar-refractivity contribution in [2.75, 3.05) is 0 Å². The highest BCUT2D eigenvalue weighted by Crippen LogP contribution is 2.38. The van der Waals surface area contributed by atoms with Crippen molar-refractivity contribution in [2.45, 2.75) is 64.7 Å². The molecular weight excluding hydrogens is 278 g/mol. The monoisotopic (exact) mass is 309 g/mol. The Labute approximate surface area is 142 Å². The second-order valence-electron chi connectivity index (χ2n) is 6.55. The second-order valence-corrected chi connectivity index (χ2v) is 6.55. The van der Waals surface area contributed by atoms with Crippen LogP contribution in [0.1, 0.15) is 75.8 Å². The standard InChI is InChI=1S/C22H31N/c1-4-11-19-16-17-23-21-15-10-14-20(22(19)21)13-9-7-8-12-18(5-2)6-3/h5,9-10,13-15,17-19H,2,4,6-8,11-12,16H2,1,3H3/b13-9-. The fraction of sp³-hybridized carbons (Fsp3) is 0.500. The fourth-order valence-electron chi connectivity index (χ4n) is 3.48. The van der Waals surface area contributed by atoms with Crippen LogP contribution < -0.4 is 0 Å². The van der Waals surface area contributed by atoms with E-state index in [0.717, 1.165) is 12.8 Å². The Bertz CT molecular complexity index is 553. The summed E-state index contributed by atoms with van der Waals surface area (Å²) in [5.74, 6) is 1.31. The molecule has 0 amide bonds. The molecule has 0 N–H and O–H groups in total. The van der Waals surface area contributed by atoms with Gasteiger partial charge in [-0.25, -0.2) is 0 Å². The number of nitrogens with zero attached hydrogens (tertiary/aromatic N) is 1. The normalized spacial score (nSPS) is 18.1. The van der Waals surface area contributed by atoms with Gasteiger partial charge in [0.1, 0.15) is 0 Å². The first kappa shape index (κ1) is 17.7. The number of allylic oxidation sites excluding steroid dienone is 2. The molecule has 1 heteroatoms. The van der Waals surface area contributed by atoms with Crippen LogP contribution in [0.4, 0.5) is 5.69 Å². The minimum atomic E-state index is 0.638. The number of benzene rings is 1. The summed E-state index contributed by atoms with van der Waals surface area (Å²) in [5, 5.41) is 0. The van der Waals surface area contributed by atoms with Gasteiger partial charge in [0, 0.05) is 6.21 Å². The van der Waals surface area contributed by atoms with E-state index in [4.69, 9.17) is 0 Å². The fourth-order valence-corrected chi connectivity index (χ4v) is 3.48. The molecule has 1 nitrogen and oxygen atoms in total. The molecule has 1 aromatic rings. The van der Waals surface area contributed by atoms with Crippen molar-refractivity contribution in [2.24, 2.45) is 10.9 Å². The highest BCUT2D eigenvalue weighted by molar-refractivity contribution is 5.74. The first-order valence-corrected chi connectivity index (χ1v) is 9.24. The molecule has 1 heterocycles. The van der Waals surface area contributed by atoms with Crippen LogP contribution >= 0.6 is 0 Å². The lowest BCUT2D eigenvalue weighted by atomic mass is 9.85. The number of hydrogen-bond acceptors (Lipinski definition) is 1. The minimum absolute atomic E-state index is 0.638. The Balaban J connectivity index is 2.01. The lowest BCUT2D eigenvalue weighted by Crippen LogP contribution is -2.06. The highest BCUT2D eigenvalue weighted by atomic mass is 14.7. The first-order valence-electron chi connectivity index (χ1n) is 9.24. The smallest absolute Gasteiger partial charge is 0.0666 e. The molecule has 23 heavy (non-hydrogen) atoms. The zero-order valence-electron chi connectivity index (χ0n) is 14.8. The third-order valence-electron chi connectivity index (χ3n) is 4.88. The number of hydrogen-bond donors (Lipinski definition) is 0. The summed E-state index contributed by atoms with van der Waals surface area (Å²) in [5.41, 5.74) is 4.01. The Morgan fingerprint density at radius 1 is 1.35 bits per heavy atom. The summed E-state index contributed by atoms with van der Waals surface area (Å²) in [6.45, 7) is 8.44. The molecule has 2 rings (SSSR count). The van der Waals surface area contributed by atoms with E-state index in [2.05, 4.69) is 68.1 Å². The molecule has 2 atom stereocenters. The maximum Gasteiger partial charge on any atom is 0.0666 e. The molecule has 0 bridgehead atoms. The second kappa shape index (κ2) is 9.50. The van der Waals surface area contributed by atoms with E-state index in [1.165, 1.54) is 48.9 Å². The Morgan fingerprint density at radius 3 is 2.96 bits per heavy atom. The SMILES string of the molecule is C=CC(CC)CCC/C=C\c1cccc2c1C(CCC)CC=N2. The molecule has 0 aromatic heterocycles. The van der Waals surface area contributed by atoms with E-state index in [-0.39, 0.29) is 0 Å². The van der Waals surface area contributed by atoms with Gasteiger partial charge >= 0.3 is 0 Å². The lowest BCUT2D eigenvalue weighted by Gasteiger charge is -2.22. The van der Waals surface area contributed by atoms with Crippen LogP contribution in [0.2, 0.25) is 0 Å². The van der Waals surface area contributed by atoms with E-state index in [0.29, 0.717) is 11.8 Å². The van der Waals surface area contributed by atoms with Crippen LogP contribution in [-0.2, 0) is 0 Å². The van der Waals surface area contributed by atoms with Crippen LogP contribution in [-0.4, -0.2) is 6.21 Å². The zero-order chi connectivity index (χ0) is 16.5. The van der Waals surface area contributed by atoms with Gasteiger partial charge in [-0.3, -0.25) is 4.99 Å². The maximum atomic E-state index is 4.61. The lowest BCUT2D eigenvalue weighted by molar-refractivity contribution is 0.550. The summed E-state index contributed by atoms with van der Waals surface area (Å²) in [4.78, 5) is 4.61. The van der Waals surface area contributed by atoms with Gasteiger partial charge in [-0.2, -0.15) is 0 Å². The van der Waals surface area contributed by atoms with Crippen molar-refractivity contribution in [3.05, 3.63) is 48.1 Å². The van der Waals surface area contributed by atoms with Crippen LogP contribution in [0.15, 0.2) is 41.9 Å². The average Bonchev–Trinajstić information content (AvgIpc) is 2.58. The quantitative estimate of drug-likeness (QED) is 0.341. The van der Waals surface area contributed by atoms with Crippen molar-refractivity contribution in [3.8, 4) is 0 Å². The summed E-state index contributed by atoms with van der Waals surface area (Å²) in [6, 6.07) is 6.54. The first-order chi connectivity index (χ1) is 11.3. The third-order valence-corrected chi connectivity index (χ3v) is 4.88. The van der Waals surface area contributed by atoms with E-state index in [1.54, 1.807) is 0 Å². The minimum Gasteiger partial charge on any atom is -0.261 e. The number of unbranched alkanes of at least 4 members (excludes halogenated alkanes) is 1. The Kier molecular flexibility index (Phi) is 7.32. The van der Waals surface area contributed by atoms with Gasteiger partial charge in [-0.1, -0.05) is 50.6 Å². The molecule has 0 fully saturated rings. The van der Waals surface area contributed by atoms with Gasteiger partial charge in [0.2, 0.25) is 0 Å². The number of aliphatic imine (C=N–C) groups is 1. The maximum absolute atomic E-state index is 4.61. The molecule has 1 aromatic carbocycles. The van der Waals surface area contributed by atoms with Crippen molar-refractivity contribution < 1.29 is 0 Å². The van der Waals surface area contributed by atoms with Crippen molar-refractivity contribution in [1.82, 2.24) is 0 Å². The molecule has 0 radical (unpaired) electrons. The topological polar surface area (TPSA) is 12.4 Å². The predicted molar refractivity (Wildman–Crippen MR) is 104 cm³/mol. The van der Waals surface area contributed by atoms with Gasteiger partial charge in [-0.05, 0) is 67.6 Å². The van der Waals surface area contributed by atoms with Crippen molar-refractivity contribution in [3.63, 3.8) is 0 Å². The molecule has 2 unspecified atom stereocenters. The number of rotatable bonds is 9. The molecule has 124 valence electrons. The van der Waals surface area contributed by atoms with Crippen LogP contribution in [0.25, 0.3) is 6.08 Å². The van der Waals surface area contributed by atoms with Gasteiger partial charge in [0.15, 0.2) is 0 Å². The average molecular weight is 309 g/mol. The Morgan fingerprint density at radius 2 is 2.22 bits per heavy atom. The van der Waals surface area contributed by atoms with Gasteiger partial charge < -0.3 is 0 Å². The summed E-state index contributed by atoms with van der Waals surface area (Å²) in [6.07, 6.45) is 17.3. The summed E-state index contributed by atoms with van der Waals surface area (Å²) in [7, 11) is 0. The highest BCUT2D eigenvalue weighted by Gasteiger charge is 2.19. The molecule has 0 saturated carbocycles. The van der Waals surface area contributed by atoms with Crippen LogP contribution in [0, 0.1) is 5.92 Å². The summed E-state index contributed by atoms with van der Waals surface area (Å²) < 4.78 is 0. The van der Waals surface area contributed by atoms with Gasteiger partial charge in [-0.15, -0.1) is 6.58 Å². The van der Waals surface area contributed by atoms with Crippen molar-refractivity contribution in [1.29, 1.82) is 0 Å². The van der Waals surface area contributed by atoms with Crippen LogP contribution in [0.3, 0.4) is 0 Å². The largest absolute Gasteiger partial charge is 0.261 e. The van der Waals surface area contributed by atoms with E-state index < -0.39 is 0 Å². The zero-order valence-corrected chi connectivity index (χ0v) is 14.8. The predicted octanol–water partition coefficient (Wildman–Crippen LogP) is 7.07. The van der Waals surface area contributed by atoms with Gasteiger partial charge in [0.05, 0.1) is 5.69 Å². The molecule has 0 saturated heterocycles. The summed E-state index contributed by atoms with van der Waals surface area (Å²) >= 11 is 0. The number of fused-ring (bicyclic) bond motifs is 1. The molecule has 0 aliphatic carbocycles. The van der Waals surface area contributed by atoms with Gasteiger partial charge in [0.25, 0.3) is 0 Å². The van der Waals surface area contributed by atoms with Crippen LogP contribution in [0.5, 0.6) is 0 Å². The van der Waals surface area contributed by atoms with E-state index in [9.17, 15) is 0 Å². The third kappa shape index (κ3) is 4.92. The molecule has 1 aliphatic rings. The van der Waals surface area contributed by atoms with E-state index in [1.807, 2.05) is 0 Å². The molecular formula is C22H31N. The molecule has 1 aliphatic heterocycles. The molecule has 0 spiro atoms. The van der Waals surface area contributed by atoms with Crippen molar-refractivity contribution >= 4 is 18.0 Å².